The highest BCUT2D eigenvalue weighted by atomic mass is 16.6. The zero-order chi connectivity index (χ0) is 36.2. The number of nitrogens with zero attached hydrogens (tertiary/aromatic N) is 2. The van der Waals surface area contributed by atoms with E-state index in [-0.39, 0.29) is 22.3 Å². The Morgan fingerprint density at radius 3 is 0.981 bits per heavy atom. The molecule has 254 valence electrons. The van der Waals surface area contributed by atoms with Gasteiger partial charge in [-0.15, -0.1) is 0 Å². The van der Waals surface area contributed by atoms with Gasteiger partial charge in [0.05, 0.1) is 55.7 Å². The molecule has 0 amide bonds. The van der Waals surface area contributed by atoms with Gasteiger partial charge >= 0.3 is 23.9 Å². The van der Waals surface area contributed by atoms with Crippen LogP contribution in [0.5, 0.6) is 0 Å². The molecule has 0 bridgehead atoms. The summed E-state index contributed by atoms with van der Waals surface area (Å²) in [5.74, 6) is -2.71. The van der Waals surface area contributed by atoms with Gasteiger partial charge in [0.2, 0.25) is 0 Å². The highest BCUT2D eigenvalue weighted by molar-refractivity contribution is 6.17. The second kappa shape index (κ2) is 11.0. The van der Waals surface area contributed by atoms with E-state index in [2.05, 4.69) is 69.8 Å². The van der Waals surface area contributed by atoms with E-state index in [0.29, 0.717) is 11.1 Å². The van der Waals surface area contributed by atoms with Crippen molar-refractivity contribution in [2.24, 2.45) is 0 Å². The highest BCUT2D eigenvalue weighted by Gasteiger charge is 2.32. The van der Waals surface area contributed by atoms with Gasteiger partial charge < -0.3 is 18.6 Å². The lowest BCUT2D eigenvalue weighted by Gasteiger charge is -2.21. The zero-order valence-electron chi connectivity index (χ0n) is 28.2. The Morgan fingerprint density at radius 2 is 0.630 bits per heavy atom. The number of benzene rings is 7. The summed E-state index contributed by atoms with van der Waals surface area (Å²) in [7, 11) is 0. The van der Waals surface area contributed by atoms with Crippen LogP contribution in [0.15, 0.2) is 146 Å². The first-order chi connectivity index (χ1) is 26.4. The average Bonchev–Trinajstić information content (AvgIpc) is 3.90. The van der Waals surface area contributed by atoms with Crippen molar-refractivity contribution >= 4 is 67.5 Å². The Kier molecular flexibility index (Phi) is 6.11. The van der Waals surface area contributed by atoms with Crippen LogP contribution in [0.2, 0.25) is 0 Å². The van der Waals surface area contributed by atoms with Gasteiger partial charge in [-0.1, -0.05) is 84.9 Å². The molecule has 2 aromatic heterocycles. The number of hydrogen-bond donors (Lipinski definition) is 0. The quantitative estimate of drug-likeness (QED) is 0.134. The highest BCUT2D eigenvalue weighted by Crippen LogP contribution is 2.44. The number of carbonyl (C=O) groups excluding carboxylic acids is 4. The molecule has 0 fully saturated rings. The SMILES string of the molecule is O=C1OC(=O)c2cc(-c3cc(-n4c5ccccc5c5ccccc54)c(-c4ccc5c(c4)C(=O)OC5=O)cc3-n3c4ccccc4c4ccccc43)ccc21. The molecule has 8 nitrogen and oxygen atoms in total. The van der Waals surface area contributed by atoms with Gasteiger partial charge in [0, 0.05) is 32.7 Å². The van der Waals surface area contributed by atoms with Crippen LogP contribution in [0, 0.1) is 0 Å². The number of para-hydroxylation sites is 4. The molecule has 11 rings (SSSR count). The van der Waals surface area contributed by atoms with Gasteiger partial charge in [-0.3, -0.25) is 0 Å². The van der Waals surface area contributed by atoms with Gasteiger partial charge in [0.25, 0.3) is 0 Å². The fourth-order valence-electron chi connectivity index (χ4n) is 8.28. The molecule has 4 heterocycles. The molecule has 0 spiro atoms. The summed E-state index contributed by atoms with van der Waals surface area (Å²) in [6.45, 7) is 0. The lowest BCUT2D eigenvalue weighted by molar-refractivity contribution is 0.0425. The predicted molar refractivity (Wildman–Crippen MR) is 205 cm³/mol. The molecule has 0 saturated heterocycles. The summed E-state index contributed by atoms with van der Waals surface area (Å²) >= 11 is 0. The molecule has 9 aromatic rings. The molecule has 2 aliphatic heterocycles. The van der Waals surface area contributed by atoms with E-state index in [4.69, 9.17) is 9.47 Å². The van der Waals surface area contributed by atoms with E-state index < -0.39 is 23.9 Å². The summed E-state index contributed by atoms with van der Waals surface area (Å²) in [6, 6.07) is 47.4. The van der Waals surface area contributed by atoms with Gasteiger partial charge in [-0.25, -0.2) is 19.2 Å². The molecule has 0 atom stereocenters. The summed E-state index contributed by atoms with van der Waals surface area (Å²) in [6.07, 6.45) is 0. The largest absolute Gasteiger partial charge is 0.386 e. The molecule has 0 saturated carbocycles. The average molecular weight is 701 g/mol. The van der Waals surface area contributed by atoms with Gasteiger partial charge in [0.15, 0.2) is 0 Å². The first kappa shape index (κ1) is 30.1. The van der Waals surface area contributed by atoms with Crippen molar-refractivity contribution in [1.82, 2.24) is 9.13 Å². The van der Waals surface area contributed by atoms with Crippen LogP contribution >= 0.6 is 0 Å². The maximum absolute atomic E-state index is 12.9. The second-order valence-corrected chi connectivity index (χ2v) is 13.5. The van der Waals surface area contributed by atoms with Crippen molar-refractivity contribution in [2.45, 2.75) is 0 Å². The summed E-state index contributed by atoms with van der Waals surface area (Å²) < 4.78 is 14.4. The van der Waals surface area contributed by atoms with E-state index in [0.717, 1.165) is 66.1 Å². The van der Waals surface area contributed by atoms with Crippen LogP contribution < -0.4 is 0 Å². The fourth-order valence-corrected chi connectivity index (χ4v) is 8.28. The minimum atomic E-state index is -0.686. The van der Waals surface area contributed by atoms with Crippen molar-refractivity contribution in [3.8, 4) is 33.6 Å². The first-order valence-corrected chi connectivity index (χ1v) is 17.4. The molecule has 54 heavy (non-hydrogen) atoms. The van der Waals surface area contributed by atoms with Crippen molar-refractivity contribution in [2.75, 3.05) is 0 Å². The first-order valence-electron chi connectivity index (χ1n) is 17.4. The second-order valence-electron chi connectivity index (χ2n) is 13.5. The smallest absolute Gasteiger partial charge is 0.346 e. The molecular weight excluding hydrogens is 677 g/mol. The monoisotopic (exact) mass is 700 g/mol. The molecular formula is C46H24N2O6. The maximum atomic E-state index is 12.9. The zero-order valence-corrected chi connectivity index (χ0v) is 28.2. The number of cyclic esters (lactones) is 4. The standard InChI is InChI=1S/C46H24N2O6/c49-43-31-19-17-25(21-35(31)45(51)53-43)33-24-42(48-39-15-7-3-11-29(39)30-12-4-8-16-40(30)48)34(26-18-20-32-36(22-26)46(52)54-44(32)50)23-41(33)47-37-13-5-1-9-27(37)28-10-2-6-14-38(28)47/h1-24H. The number of fused-ring (bicyclic) bond motifs is 8. The van der Waals surface area contributed by atoms with Crippen LogP contribution in [0.25, 0.3) is 77.2 Å². The molecule has 0 unspecified atom stereocenters. The Hall–Kier alpha value is -7.58. The number of carbonyl (C=O) groups is 4. The Morgan fingerprint density at radius 1 is 0.315 bits per heavy atom. The normalized spacial score (nSPS) is 13.6. The molecule has 2 aliphatic rings. The van der Waals surface area contributed by atoms with Crippen LogP contribution in [-0.2, 0) is 9.47 Å². The van der Waals surface area contributed by atoms with Crippen molar-refractivity contribution in [3.05, 3.63) is 168 Å². The minimum absolute atomic E-state index is 0.204. The van der Waals surface area contributed by atoms with E-state index in [1.807, 2.05) is 60.7 Å². The van der Waals surface area contributed by atoms with Crippen molar-refractivity contribution in [3.63, 3.8) is 0 Å². The van der Waals surface area contributed by atoms with Crippen LogP contribution in [0.1, 0.15) is 41.4 Å². The maximum Gasteiger partial charge on any atom is 0.346 e. The van der Waals surface area contributed by atoms with Crippen LogP contribution in [0.4, 0.5) is 0 Å². The van der Waals surface area contributed by atoms with E-state index in [1.54, 1.807) is 24.3 Å². The Labute approximate surface area is 306 Å². The third-order valence-corrected chi connectivity index (χ3v) is 10.7. The number of hydrogen-bond acceptors (Lipinski definition) is 6. The third kappa shape index (κ3) is 4.13. The van der Waals surface area contributed by atoms with Gasteiger partial charge in [-0.2, -0.15) is 0 Å². The number of rotatable bonds is 4. The van der Waals surface area contributed by atoms with Crippen molar-refractivity contribution < 1.29 is 28.7 Å². The minimum Gasteiger partial charge on any atom is -0.386 e. The van der Waals surface area contributed by atoms with Crippen LogP contribution in [-0.4, -0.2) is 33.0 Å². The molecule has 0 N–H and O–H groups in total. The topological polar surface area (TPSA) is 96.6 Å². The lowest BCUT2D eigenvalue weighted by atomic mass is 9.92. The summed E-state index contributed by atoms with van der Waals surface area (Å²) in [4.78, 5) is 51.0. The van der Waals surface area contributed by atoms with E-state index in [1.165, 1.54) is 0 Å². The van der Waals surface area contributed by atoms with Crippen LogP contribution in [0.3, 0.4) is 0 Å². The predicted octanol–water partition coefficient (Wildman–Crippen LogP) is 9.84. The number of esters is 4. The Balaban J connectivity index is 1.32. The Bertz CT molecular complexity index is 2880. The number of aromatic nitrogens is 2. The molecule has 8 heteroatoms. The summed E-state index contributed by atoms with van der Waals surface area (Å²) in [5, 5.41) is 4.26. The third-order valence-electron chi connectivity index (χ3n) is 10.7. The van der Waals surface area contributed by atoms with E-state index in [9.17, 15) is 19.2 Å². The van der Waals surface area contributed by atoms with Crippen molar-refractivity contribution in [1.29, 1.82) is 0 Å². The molecule has 0 radical (unpaired) electrons. The number of ether oxygens (including phenoxy) is 2. The van der Waals surface area contributed by atoms with E-state index >= 15 is 0 Å². The molecule has 0 aliphatic carbocycles. The summed E-state index contributed by atoms with van der Waals surface area (Å²) in [5.41, 5.74) is 9.29. The lowest BCUT2D eigenvalue weighted by Crippen LogP contribution is -2.04. The molecule has 7 aromatic carbocycles. The van der Waals surface area contributed by atoms with Gasteiger partial charge in [-0.05, 0) is 71.8 Å². The fraction of sp³-hybridized carbons (Fsp3) is 0. The van der Waals surface area contributed by atoms with Gasteiger partial charge in [0.1, 0.15) is 0 Å².